The van der Waals surface area contributed by atoms with Gasteiger partial charge in [0, 0.05) is 22.6 Å². The Morgan fingerprint density at radius 3 is 2.67 bits per heavy atom. The number of hydrogen-bond acceptors (Lipinski definition) is 5. The molecular weight excluding hydrogens is 432 g/mol. The fourth-order valence-corrected chi connectivity index (χ4v) is 4.74. The summed E-state index contributed by atoms with van der Waals surface area (Å²) in [6.45, 7) is 1.86. The van der Waals surface area contributed by atoms with Crippen LogP contribution in [0.2, 0.25) is 10.0 Å². The fraction of sp³-hybridized carbons (Fsp3) is 0.118. The maximum Gasteiger partial charge on any atom is 0.266 e. The van der Waals surface area contributed by atoms with Gasteiger partial charge in [-0.15, -0.1) is 11.3 Å². The van der Waals surface area contributed by atoms with Gasteiger partial charge < -0.3 is 5.32 Å². The average molecular weight is 446 g/mol. The number of sulfonamides is 1. The molecule has 0 aliphatic carbocycles. The van der Waals surface area contributed by atoms with Crippen molar-refractivity contribution in [3.05, 3.63) is 69.4 Å². The molecule has 0 fully saturated rings. The molecule has 0 spiro atoms. The SMILES string of the molecule is CC(Nc1cc(F)c(S(=O)(=O)Nc2nccs2)cc1Cl)c1cccc(Cl)c1. The molecule has 3 aromatic rings. The zero-order valence-corrected chi connectivity index (χ0v) is 17.1. The third-order valence-corrected chi connectivity index (χ3v) is 6.41. The van der Waals surface area contributed by atoms with Crippen LogP contribution in [0.4, 0.5) is 15.2 Å². The maximum atomic E-state index is 14.5. The predicted molar refractivity (Wildman–Crippen MR) is 108 cm³/mol. The molecule has 1 atom stereocenters. The molecule has 27 heavy (non-hydrogen) atoms. The molecule has 1 aromatic heterocycles. The largest absolute Gasteiger partial charge is 0.377 e. The van der Waals surface area contributed by atoms with Gasteiger partial charge in [0.05, 0.1) is 10.7 Å². The Morgan fingerprint density at radius 2 is 2.00 bits per heavy atom. The van der Waals surface area contributed by atoms with Crippen LogP contribution in [0.25, 0.3) is 0 Å². The van der Waals surface area contributed by atoms with Crippen molar-refractivity contribution in [1.29, 1.82) is 0 Å². The first-order chi connectivity index (χ1) is 12.8. The molecule has 1 unspecified atom stereocenters. The standard InChI is InChI=1S/C17H14Cl2FN3O2S2/c1-10(11-3-2-4-12(18)7-11)22-15-9-14(20)16(8-13(15)19)27(24,25)23-17-21-5-6-26-17/h2-10,22H,1H3,(H,21,23). The molecule has 0 bridgehead atoms. The average Bonchev–Trinajstić information content (AvgIpc) is 3.09. The fourth-order valence-electron chi connectivity index (χ4n) is 2.38. The van der Waals surface area contributed by atoms with Gasteiger partial charge in [0.15, 0.2) is 5.13 Å². The van der Waals surface area contributed by atoms with E-state index in [9.17, 15) is 12.8 Å². The van der Waals surface area contributed by atoms with Crippen molar-refractivity contribution in [2.75, 3.05) is 10.0 Å². The van der Waals surface area contributed by atoms with Gasteiger partial charge >= 0.3 is 0 Å². The van der Waals surface area contributed by atoms with E-state index in [1.807, 2.05) is 13.0 Å². The lowest BCUT2D eigenvalue weighted by Gasteiger charge is -2.18. The quantitative estimate of drug-likeness (QED) is 0.520. The van der Waals surface area contributed by atoms with Crippen molar-refractivity contribution in [3.63, 3.8) is 0 Å². The smallest absolute Gasteiger partial charge is 0.266 e. The molecule has 0 saturated heterocycles. The van der Waals surface area contributed by atoms with Gasteiger partial charge in [0.25, 0.3) is 10.0 Å². The van der Waals surface area contributed by atoms with Gasteiger partial charge in [0.2, 0.25) is 0 Å². The van der Waals surface area contributed by atoms with Crippen LogP contribution in [0.1, 0.15) is 18.5 Å². The van der Waals surface area contributed by atoms with Gasteiger partial charge in [-0.2, -0.15) is 0 Å². The first-order valence-corrected chi connectivity index (χ1v) is 10.8. The summed E-state index contributed by atoms with van der Waals surface area (Å²) in [7, 11) is -4.15. The molecule has 0 amide bonds. The number of nitrogens with zero attached hydrogens (tertiary/aromatic N) is 1. The van der Waals surface area contributed by atoms with Crippen LogP contribution in [-0.4, -0.2) is 13.4 Å². The maximum absolute atomic E-state index is 14.5. The number of thiazole rings is 1. The molecule has 10 heteroatoms. The van der Waals surface area contributed by atoms with Crippen LogP contribution in [0.15, 0.2) is 52.9 Å². The second kappa shape index (κ2) is 8.02. The number of benzene rings is 2. The molecular formula is C17H14Cl2FN3O2S2. The molecule has 0 radical (unpaired) electrons. The van der Waals surface area contributed by atoms with E-state index in [4.69, 9.17) is 23.2 Å². The van der Waals surface area contributed by atoms with Gasteiger partial charge in [-0.3, -0.25) is 4.72 Å². The monoisotopic (exact) mass is 445 g/mol. The van der Waals surface area contributed by atoms with Gasteiger partial charge in [-0.05, 0) is 36.8 Å². The Kier molecular flexibility index (Phi) is 5.90. The Labute approximate surface area is 170 Å². The highest BCUT2D eigenvalue weighted by Gasteiger charge is 2.23. The van der Waals surface area contributed by atoms with E-state index >= 15 is 0 Å². The molecule has 3 rings (SSSR count). The Hall–Kier alpha value is -1.87. The predicted octanol–water partition coefficient (Wildman–Crippen LogP) is 5.56. The van der Waals surface area contributed by atoms with Crippen molar-refractivity contribution < 1.29 is 12.8 Å². The van der Waals surface area contributed by atoms with Crippen LogP contribution in [0.5, 0.6) is 0 Å². The summed E-state index contributed by atoms with van der Waals surface area (Å²) in [5.74, 6) is -0.927. The number of rotatable bonds is 6. The molecule has 0 aliphatic heterocycles. The van der Waals surface area contributed by atoms with Crippen LogP contribution in [0, 0.1) is 5.82 Å². The van der Waals surface area contributed by atoms with Crippen molar-refractivity contribution in [1.82, 2.24) is 4.98 Å². The van der Waals surface area contributed by atoms with E-state index in [0.717, 1.165) is 29.0 Å². The summed E-state index contributed by atoms with van der Waals surface area (Å²) in [5.41, 5.74) is 1.15. The third-order valence-electron chi connectivity index (χ3n) is 3.69. The lowest BCUT2D eigenvalue weighted by atomic mass is 10.1. The van der Waals surface area contributed by atoms with Gasteiger partial charge in [-0.25, -0.2) is 17.8 Å². The summed E-state index contributed by atoms with van der Waals surface area (Å²) in [5, 5.41) is 5.46. The van der Waals surface area contributed by atoms with Crippen LogP contribution >= 0.6 is 34.5 Å². The first kappa shape index (κ1) is 19.9. The van der Waals surface area contributed by atoms with E-state index in [1.165, 1.54) is 6.20 Å². The molecule has 0 aliphatic rings. The normalized spacial score (nSPS) is 12.6. The second-order valence-corrected chi connectivity index (χ2v) is 9.02. The molecule has 5 nitrogen and oxygen atoms in total. The number of aromatic nitrogens is 1. The lowest BCUT2D eigenvalue weighted by molar-refractivity contribution is 0.570. The van der Waals surface area contributed by atoms with Crippen LogP contribution < -0.4 is 10.0 Å². The van der Waals surface area contributed by atoms with Crippen LogP contribution in [0.3, 0.4) is 0 Å². The number of nitrogens with one attached hydrogen (secondary N) is 2. The van der Waals surface area contributed by atoms with E-state index in [1.54, 1.807) is 23.6 Å². The van der Waals surface area contributed by atoms with Crippen molar-refractivity contribution in [3.8, 4) is 0 Å². The minimum atomic E-state index is -4.15. The van der Waals surface area contributed by atoms with Gasteiger partial charge in [-0.1, -0.05) is 35.3 Å². The van der Waals surface area contributed by atoms with E-state index in [0.29, 0.717) is 5.02 Å². The van der Waals surface area contributed by atoms with Gasteiger partial charge in [0.1, 0.15) is 10.7 Å². The summed E-state index contributed by atoms with van der Waals surface area (Å²) in [6, 6.07) is 9.10. The second-order valence-electron chi connectivity index (χ2n) is 5.63. The molecule has 1 heterocycles. The van der Waals surface area contributed by atoms with Crippen molar-refractivity contribution >= 4 is 55.4 Å². The lowest BCUT2D eigenvalue weighted by Crippen LogP contribution is -2.15. The van der Waals surface area contributed by atoms with E-state index in [2.05, 4.69) is 15.0 Å². The zero-order valence-electron chi connectivity index (χ0n) is 13.9. The number of anilines is 2. The number of hydrogen-bond donors (Lipinski definition) is 2. The Morgan fingerprint density at radius 1 is 1.22 bits per heavy atom. The minimum absolute atomic E-state index is 0.0739. The van der Waals surface area contributed by atoms with Crippen LogP contribution in [-0.2, 0) is 10.0 Å². The highest BCUT2D eigenvalue weighted by molar-refractivity contribution is 7.93. The first-order valence-electron chi connectivity index (χ1n) is 7.69. The molecule has 0 saturated carbocycles. The summed E-state index contributed by atoms with van der Waals surface area (Å²) < 4.78 is 41.5. The highest BCUT2D eigenvalue weighted by Crippen LogP contribution is 2.32. The molecule has 2 N–H and O–H groups in total. The minimum Gasteiger partial charge on any atom is -0.377 e. The van der Waals surface area contributed by atoms with Crippen molar-refractivity contribution in [2.24, 2.45) is 0 Å². The zero-order chi connectivity index (χ0) is 19.6. The Balaban J connectivity index is 1.86. The molecule has 142 valence electrons. The summed E-state index contributed by atoms with van der Waals surface area (Å²) >= 11 is 13.3. The highest BCUT2D eigenvalue weighted by atomic mass is 35.5. The third kappa shape index (κ3) is 4.70. The van der Waals surface area contributed by atoms with Crippen molar-refractivity contribution in [2.45, 2.75) is 17.9 Å². The van der Waals surface area contributed by atoms with E-state index in [-0.39, 0.29) is 21.9 Å². The van der Waals surface area contributed by atoms with E-state index < -0.39 is 20.7 Å². The molecule has 2 aromatic carbocycles. The summed E-state index contributed by atoms with van der Waals surface area (Å²) in [4.78, 5) is 3.27. The number of halogens is 3. The summed E-state index contributed by atoms with van der Waals surface area (Å²) in [6.07, 6.45) is 1.44. The topological polar surface area (TPSA) is 71.1 Å². The Bertz CT molecular complexity index is 1060.